The van der Waals surface area contributed by atoms with Gasteiger partial charge in [0.25, 0.3) is 5.95 Å². The minimum Gasteiger partial charge on any atom is -0.496 e. The Hall–Kier alpha value is -3.92. The third kappa shape index (κ3) is 4.24. The number of likely N-dealkylation sites (N-methyl/N-ethyl adjacent to an activating group) is 1. The highest BCUT2D eigenvalue weighted by Crippen LogP contribution is 2.31. The molecule has 0 bridgehead atoms. The number of anilines is 1. The molecule has 3 aromatic heterocycles. The van der Waals surface area contributed by atoms with Crippen molar-refractivity contribution in [2.75, 3.05) is 45.2 Å². The van der Waals surface area contributed by atoms with Gasteiger partial charge in [-0.05, 0) is 31.3 Å². The van der Waals surface area contributed by atoms with Gasteiger partial charge in [-0.25, -0.2) is 24.0 Å². The first-order chi connectivity index (χ1) is 16.1. The number of methoxy groups -OCH3 is 1. The molecule has 4 aromatic rings. The molecule has 0 spiro atoms. The monoisotopic (exact) mass is 446 g/mol. The van der Waals surface area contributed by atoms with Crippen molar-refractivity contribution in [1.29, 1.82) is 0 Å². The average Bonchev–Trinajstić information content (AvgIpc) is 3.35. The zero-order valence-electron chi connectivity index (χ0n) is 18.4. The fraction of sp³-hybridized carbons (Fsp3) is 0.261. The van der Waals surface area contributed by atoms with E-state index >= 15 is 0 Å². The molecule has 0 aliphatic carbocycles. The Morgan fingerprint density at radius 3 is 2.61 bits per heavy atom. The largest absolute Gasteiger partial charge is 0.496 e. The summed E-state index contributed by atoms with van der Waals surface area (Å²) in [6, 6.07) is 8.28. The van der Waals surface area contributed by atoms with Crippen LogP contribution in [0.1, 0.15) is 0 Å². The summed E-state index contributed by atoms with van der Waals surface area (Å²) in [6.45, 7) is 3.82. The van der Waals surface area contributed by atoms with Gasteiger partial charge in [-0.15, -0.1) is 0 Å². The molecular formula is C23H23FN8O. The molecule has 168 valence electrons. The van der Waals surface area contributed by atoms with Gasteiger partial charge in [0, 0.05) is 50.3 Å². The number of hydrogen-bond acceptors (Lipinski definition) is 8. The Bertz CT molecular complexity index is 1270. The number of piperazine rings is 1. The lowest BCUT2D eigenvalue weighted by Crippen LogP contribution is -2.44. The van der Waals surface area contributed by atoms with Crippen molar-refractivity contribution in [3.05, 3.63) is 60.9 Å². The summed E-state index contributed by atoms with van der Waals surface area (Å²) in [5.74, 6) is 1.51. The maximum atomic E-state index is 14.5. The zero-order chi connectivity index (χ0) is 22.8. The quantitative estimate of drug-likeness (QED) is 0.463. The third-order valence-corrected chi connectivity index (χ3v) is 5.61. The molecule has 5 rings (SSSR count). The Kier molecular flexibility index (Phi) is 5.66. The predicted octanol–water partition coefficient (Wildman–Crippen LogP) is 2.69. The van der Waals surface area contributed by atoms with Gasteiger partial charge >= 0.3 is 0 Å². The van der Waals surface area contributed by atoms with E-state index in [0.717, 1.165) is 37.6 Å². The highest BCUT2D eigenvalue weighted by atomic mass is 19.1. The van der Waals surface area contributed by atoms with E-state index in [1.165, 1.54) is 13.2 Å². The summed E-state index contributed by atoms with van der Waals surface area (Å²) < 4.78 is 21.4. The van der Waals surface area contributed by atoms with Crippen LogP contribution in [0.3, 0.4) is 0 Å². The molecule has 0 radical (unpaired) electrons. The van der Waals surface area contributed by atoms with Crippen molar-refractivity contribution < 1.29 is 9.13 Å². The lowest BCUT2D eigenvalue weighted by molar-refractivity contribution is 0.312. The summed E-state index contributed by atoms with van der Waals surface area (Å²) in [5, 5.41) is 4.42. The van der Waals surface area contributed by atoms with E-state index in [1.807, 2.05) is 6.07 Å². The first kappa shape index (κ1) is 21.0. The summed E-state index contributed by atoms with van der Waals surface area (Å²) in [4.78, 5) is 22.4. The first-order valence-electron chi connectivity index (χ1n) is 10.6. The SMILES string of the molecule is COc1cccc(F)c1-c1nccc(-c2cnn(-c3nccc(N4CCN(C)CC4)n3)c2)n1. The number of nitrogens with zero attached hydrogens (tertiary/aromatic N) is 8. The van der Waals surface area contributed by atoms with E-state index in [1.54, 1.807) is 47.7 Å². The summed E-state index contributed by atoms with van der Waals surface area (Å²) in [7, 11) is 3.61. The van der Waals surface area contributed by atoms with Crippen LogP contribution in [0.4, 0.5) is 10.2 Å². The van der Waals surface area contributed by atoms with Crippen LogP contribution in [0.25, 0.3) is 28.6 Å². The van der Waals surface area contributed by atoms with E-state index < -0.39 is 5.82 Å². The normalized spacial score (nSPS) is 14.5. The highest BCUT2D eigenvalue weighted by Gasteiger charge is 2.18. The zero-order valence-corrected chi connectivity index (χ0v) is 18.4. The molecule has 0 unspecified atom stereocenters. The van der Waals surface area contributed by atoms with Crippen LogP contribution in [0.2, 0.25) is 0 Å². The van der Waals surface area contributed by atoms with Crippen molar-refractivity contribution in [2.24, 2.45) is 0 Å². The third-order valence-electron chi connectivity index (χ3n) is 5.61. The standard InChI is InChI=1S/C23H23FN8O/c1-30-10-12-31(13-11-30)20-7-9-26-23(29-20)32-15-16(14-27-32)18-6-8-25-22(28-18)21-17(24)4-3-5-19(21)33-2/h3-9,14-15H,10-13H2,1-2H3. The molecule has 0 atom stereocenters. The smallest absolute Gasteiger partial charge is 0.252 e. The topological polar surface area (TPSA) is 85.1 Å². The number of benzene rings is 1. The number of aromatic nitrogens is 6. The second-order valence-corrected chi connectivity index (χ2v) is 7.76. The Morgan fingerprint density at radius 2 is 1.79 bits per heavy atom. The molecular weight excluding hydrogens is 423 g/mol. The summed E-state index contributed by atoms with van der Waals surface area (Å²) in [6.07, 6.45) is 6.81. The molecule has 0 N–H and O–H groups in total. The number of hydrogen-bond donors (Lipinski definition) is 0. The predicted molar refractivity (Wildman–Crippen MR) is 122 cm³/mol. The highest BCUT2D eigenvalue weighted by molar-refractivity contribution is 5.68. The van der Waals surface area contributed by atoms with Crippen molar-refractivity contribution in [2.45, 2.75) is 0 Å². The second kappa shape index (κ2) is 8.91. The molecule has 1 aromatic carbocycles. The molecule has 9 nitrogen and oxygen atoms in total. The molecule has 33 heavy (non-hydrogen) atoms. The van der Waals surface area contributed by atoms with Crippen LogP contribution >= 0.6 is 0 Å². The molecule has 1 fully saturated rings. The van der Waals surface area contributed by atoms with Gasteiger partial charge < -0.3 is 14.5 Å². The molecule has 1 aliphatic rings. The minimum absolute atomic E-state index is 0.220. The van der Waals surface area contributed by atoms with Gasteiger partial charge in [0.15, 0.2) is 5.82 Å². The molecule has 0 amide bonds. The Balaban J connectivity index is 1.43. The van der Waals surface area contributed by atoms with Crippen molar-refractivity contribution >= 4 is 5.82 Å². The number of rotatable bonds is 5. The average molecular weight is 446 g/mol. The number of halogens is 1. The van der Waals surface area contributed by atoms with Crippen LogP contribution < -0.4 is 9.64 Å². The van der Waals surface area contributed by atoms with Gasteiger partial charge in [0.05, 0.1) is 24.6 Å². The van der Waals surface area contributed by atoms with E-state index in [9.17, 15) is 4.39 Å². The minimum atomic E-state index is -0.448. The van der Waals surface area contributed by atoms with E-state index in [0.29, 0.717) is 17.4 Å². The number of ether oxygens (including phenoxy) is 1. The second-order valence-electron chi connectivity index (χ2n) is 7.76. The Labute approximate surface area is 190 Å². The van der Waals surface area contributed by atoms with Crippen LogP contribution in [0.15, 0.2) is 55.1 Å². The van der Waals surface area contributed by atoms with Gasteiger partial charge in [-0.1, -0.05) is 6.07 Å². The molecule has 10 heteroatoms. The summed E-state index contributed by atoms with van der Waals surface area (Å²) >= 11 is 0. The van der Waals surface area contributed by atoms with Crippen molar-refractivity contribution in [3.8, 4) is 34.3 Å². The fourth-order valence-corrected chi connectivity index (χ4v) is 3.76. The van der Waals surface area contributed by atoms with E-state index in [4.69, 9.17) is 9.72 Å². The molecule has 4 heterocycles. The fourth-order valence-electron chi connectivity index (χ4n) is 3.76. The first-order valence-corrected chi connectivity index (χ1v) is 10.6. The molecule has 1 aliphatic heterocycles. The lowest BCUT2D eigenvalue weighted by atomic mass is 10.1. The van der Waals surface area contributed by atoms with Crippen LogP contribution in [-0.4, -0.2) is 75.0 Å². The molecule has 0 saturated carbocycles. The van der Waals surface area contributed by atoms with Gasteiger partial charge in [0.1, 0.15) is 17.4 Å². The Morgan fingerprint density at radius 1 is 0.970 bits per heavy atom. The van der Waals surface area contributed by atoms with Crippen LogP contribution in [0.5, 0.6) is 5.75 Å². The lowest BCUT2D eigenvalue weighted by Gasteiger charge is -2.33. The summed E-state index contributed by atoms with van der Waals surface area (Å²) in [5.41, 5.74) is 1.56. The maximum absolute atomic E-state index is 14.5. The van der Waals surface area contributed by atoms with Gasteiger partial charge in [-0.3, -0.25) is 0 Å². The van der Waals surface area contributed by atoms with Gasteiger partial charge in [0.2, 0.25) is 0 Å². The van der Waals surface area contributed by atoms with Crippen molar-refractivity contribution in [3.63, 3.8) is 0 Å². The van der Waals surface area contributed by atoms with E-state index in [-0.39, 0.29) is 11.4 Å². The van der Waals surface area contributed by atoms with E-state index in [2.05, 4.69) is 36.9 Å². The van der Waals surface area contributed by atoms with Gasteiger partial charge in [-0.2, -0.15) is 10.1 Å². The maximum Gasteiger partial charge on any atom is 0.252 e. The van der Waals surface area contributed by atoms with Crippen LogP contribution in [0, 0.1) is 5.82 Å². The van der Waals surface area contributed by atoms with Crippen LogP contribution in [-0.2, 0) is 0 Å². The van der Waals surface area contributed by atoms with Crippen molar-refractivity contribution in [1.82, 2.24) is 34.6 Å². The molecule has 1 saturated heterocycles.